The third kappa shape index (κ3) is 3.41. The van der Waals surface area contributed by atoms with E-state index < -0.39 is 14.3 Å². The standard InChI is InChI=1S/C46H28O2P2/c47-49(29-15-3-1-4-16-29)41-27-40-42(28-39(41)43-35-23-11-7-19-31(35)33-21-9-13-25-37(33)45(43)49)50(48,30-17-5-2-6-18-30)46-38-26-14-10-22-34(38)32-20-8-12-24-36(32)44(40)46/h1-28H. The Labute approximate surface area is 289 Å². The first-order valence-corrected chi connectivity index (χ1v) is 20.4. The van der Waals surface area contributed by atoms with Gasteiger partial charge in [0.2, 0.25) is 0 Å². The lowest BCUT2D eigenvalue weighted by Gasteiger charge is -2.19. The SMILES string of the molecule is O=P1(c2ccccc2)c2cc3c(cc2-c2c1c1ccccc1c1ccccc21)P(=O)(c1ccccc1)c1c-3c2ccccc2c2ccccc12. The Balaban J connectivity index is 1.38. The highest BCUT2D eigenvalue weighted by Gasteiger charge is 2.48. The van der Waals surface area contributed by atoms with Crippen LogP contribution in [-0.4, -0.2) is 0 Å². The van der Waals surface area contributed by atoms with Gasteiger partial charge in [-0.25, -0.2) is 0 Å². The smallest absolute Gasteiger partial charge is 0.172 e. The zero-order chi connectivity index (χ0) is 33.2. The van der Waals surface area contributed by atoms with Crippen LogP contribution in [0, 0.1) is 0 Å². The van der Waals surface area contributed by atoms with E-state index in [1.54, 1.807) is 0 Å². The van der Waals surface area contributed by atoms with Crippen LogP contribution in [0.25, 0.3) is 65.3 Å². The summed E-state index contributed by atoms with van der Waals surface area (Å²) in [6.07, 6.45) is 0. The van der Waals surface area contributed by atoms with Gasteiger partial charge in [0.05, 0.1) is 0 Å². The van der Waals surface area contributed by atoms with Gasteiger partial charge in [0, 0.05) is 43.0 Å². The van der Waals surface area contributed by atoms with Gasteiger partial charge in [0.1, 0.15) is 0 Å². The Morgan fingerprint density at radius 3 is 0.940 bits per heavy atom. The fourth-order valence-electron chi connectivity index (χ4n) is 9.00. The van der Waals surface area contributed by atoms with Gasteiger partial charge in [-0.05, 0) is 66.3 Å². The zero-order valence-electron chi connectivity index (χ0n) is 26.9. The number of hydrogen-bond acceptors (Lipinski definition) is 2. The molecule has 0 aliphatic carbocycles. The normalized spacial score (nSPS) is 18.7. The lowest BCUT2D eigenvalue weighted by atomic mass is 9.90. The van der Waals surface area contributed by atoms with Gasteiger partial charge in [-0.15, -0.1) is 0 Å². The highest BCUT2D eigenvalue weighted by Crippen LogP contribution is 2.61. The molecule has 0 fully saturated rings. The quantitative estimate of drug-likeness (QED) is 0.135. The molecule has 0 saturated carbocycles. The highest BCUT2D eigenvalue weighted by atomic mass is 31.2. The average Bonchev–Trinajstić information content (AvgIpc) is 3.61. The molecule has 11 rings (SSSR count). The lowest BCUT2D eigenvalue weighted by Crippen LogP contribution is -2.24. The van der Waals surface area contributed by atoms with Crippen LogP contribution in [0.15, 0.2) is 170 Å². The number of hydrogen-bond donors (Lipinski definition) is 0. The Hall–Kier alpha value is -5.52. The molecule has 0 bridgehead atoms. The van der Waals surface area contributed by atoms with Gasteiger partial charge in [0.15, 0.2) is 14.3 Å². The summed E-state index contributed by atoms with van der Waals surface area (Å²) in [4.78, 5) is 0. The molecule has 0 amide bonds. The summed E-state index contributed by atoms with van der Waals surface area (Å²) in [5.74, 6) is 0. The second kappa shape index (κ2) is 10.0. The van der Waals surface area contributed by atoms with Crippen molar-refractivity contribution in [3.8, 4) is 22.3 Å². The molecule has 2 aliphatic heterocycles. The van der Waals surface area contributed by atoms with Crippen molar-refractivity contribution in [2.75, 3.05) is 0 Å². The second-order valence-electron chi connectivity index (χ2n) is 13.4. The fraction of sp³-hybridized carbons (Fsp3) is 0. The van der Waals surface area contributed by atoms with E-state index >= 15 is 9.13 Å². The molecule has 0 aromatic heterocycles. The van der Waals surface area contributed by atoms with Gasteiger partial charge in [-0.2, -0.15) is 0 Å². The summed E-state index contributed by atoms with van der Waals surface area (Å²) in [7, 11) is -6.82. The maximum Gasteiger partial charge on any atom is 0.172 e. The third-order valence-electron chi connectivity index (χ3n) is 11.0. The Morgan fingerprint density at radius 2 is 0.580 bits per heavy atom. The van der Waals surface area contributed by atoms with Crippen molar-refractivity contribution in [3.63, 3.8) is 0 Å². The first kappa shape index (κ1) is 28.3. The molecule has 50 heavy (non-hydrogen) atoms. The minimum atomic E-state index is -3.41. The molecule has 2 unspecified atom stereocenters. The molecule has 0 N–H and O–H groups in total. The maximum absolute atomic E-state index is 16.5. The molecular weight excluding hydrogens is 646 g/mol. The topological polar surface area (TPSA) is 34.1 Å². The van der Waals surface area contributed by atoms with E-state index in [9.17, 15) is 0 Å². The Kier molecular flexibility index (Phi) is 5.68. The number of benzene rings is 9. The molecule has 0 saturated heterocycles. The van der Waals surface area contributed by atoms with E-state index in [-0.39, 0.29) is 0 Å². The van der Waals surface area contributed by atoms with Crippen LogP contribution in [0.1, 0.15) is 0 Å². The zero-order valence-corrected chi connectivity index (χ0v) is 28.7. The molecule has 2 heterocycles. The largest absolute Gasteiger partial charge is 0.309 e. The molecule has 9 aromatic rings. The Bertz CT molecular complexity index is 2830. The van der Waals surface area contributed by atoms with Crippen molar-refractivity contribution in [2.45, 2.75) is 0 Å². The molecular formula is C46H28O2P2. The van der Waals surface area contributed by atoms with Crippen LogP contribution in [0.2, 0.25) is 0 Å². The highest BCUT2D eigenvalue weighted by molar-refractivity contribution is 7.88. The van der Waals surface area contributed by atoms with Crippen LogP contribution >= 0.6 is 14.3 Å². The van der Waals surface area contributed by atoms with Crippen molar-refractivity contribution in [2.24, 2.45) is 0 Å². The van der Waals surface area contributed by atoms with Crippen molar-refractivity contribution >= 4 is 89.2 Å². The minimum Gasteiger partial charge on any atom is -0.309 e. The maximum atomic E-state index is 16.5. The molecule has 234 valence electrons. The third-order valence-corrected chi connectivity index (χ3v) is 17.3. The van der Waals surface area contributed by atoms with Gasteiger partial charge in [-0.1, -0.05) is 158 Å². The molecule has 2 aliphatic rings. The predicted molar refractivity (Wildman–Crippen MR) is 213 cm³/mol. The monoisotopic (exact) mass is 674 g/mol. The summed E-state index contributed by atoms with van der Waals surface area (Å²) in [6.45, 7) is 0. The van der Waals surface area contributed by atoms with E-state index in [4.69, 9.17) is 0 Å². The second-order valence-corrected chi connectivity index (χ2v) is 18.7. The van der Waals surface area contributed by atoms with Gasteiger partial charge < -0.3 is 9.13 Å². The van der Waals surface area contributed by atoms with E-state index in [1.165, 1.54) is 0 Å². The molecule has 9 aromatic carbocycles. The Morgan fingerprint density at radius 1 is 0.300 bits per heavy atom. The van der Waals surface area contributed by atoms with E-state index in [1.807, 2.05) is 72.8 Å². The average molecular weight is 675 g/mol. The molecule has 2 nitrogen and oxygen atoms in total. The fourth-order valence-corrected chi connectivity index (χ4v) is 15.6. The van der Waals surface area contributed by atoms with E-state index in [0.29, 0.717) is 0 Å². The predicted octanol–water partition coefficient (Wildman–Crippen LogP) is 9.54. The molecule has 0 spiro atoms. The molecule has 2 atom stereocenters. The summed E-state index contributed by atoms with van der Waals surface area (Å²) in [6, 6.07) is 58.0. The molecule has 0 radical (unpaired) electrons. The van der Waals surface area contributed by atoms with Crippen LogP contribution in [-0.2, 0) is 9.13 Å². The lowest BCUT2D eigenvalue weighted by molar-refractivity contribution is 0.592. The first-order valence-electron chi connectivity index (χ1n) is 17.0. The van der Waals surface area contributed by atoms with Gasteiger partial charge in [0.25, 0.3) is 0 Å². The minimum absolute atomic E-state index is 0.813. The van der Waals surface area contributed by atoms with Crippen molar-refractivity contribution in [1.29, 1.82) is 0 Å². The summed E-state index contributed by atoms with van der Waals surface area (Å²) in [5.41, 5.74) is 3.83. The number of rotatable bonds is 2. The summed E-state index contributed by atoms with van der Waals surface area (Å²) >= 11 is 0. The summed E-state index contributed by atoms with van der Waals surface area (Å²) in [5, 5.41) is 13.6. The van der Waals surface area contributed by atoms with Crippen LogP contribution in [0.5, 0.6) is 0 Å². The molecule has 4 heteroatoms. The van der Waals surface area contributed by atoms with Gasteiger partial charge in [-0.3, -0.25) is 0 Å². The van der Waals surface area contributed by atoms with Crippen LogP contribution in [0.4, 0.5) is 0 Å². The van der Waals surface area contributed by atoms with Crippen molar-refractivity contribution < 1.29 is 9.13 Å². The summed E-state index contributed by atoms with van der Waals surface area (Å²) < 4.78 is 32.9. The first-order chi connectivity index (χ1) is 24.6. The van der Waals surface area contributed by atoms with Crippen molar-refractivity contribution in [3.05, 3.63) is 170 Å². The number of fused-ring (bicyclic) bond motifs is 16. The van der Waals surface area contributed by atoms with Crippen LogP contribution in [0.3, 0.4) is 0 Å². The van der Waals surface area contributed by atoms with E-state index in [0.717, 1.165) is 97.2 Å². The van der Waals surface area contributed by atoms with Gasteiger partial charge >= 0.3 is 0 Å². The van der Waals surface area contributed by atoms with Crippen molar-refractivity contribution in [1.82, 2.24) is 0 Å². The van der Waals surface area contributed by atoms with E-state index in [2.05, 4.69) is 97.1 Å². The van der Waals surface area contributed by atoms with Crippen LogP contribution < -0.4 is 31.8 Å².